The number of nitrogens with one attached hydrogen (secondary N) is 1. The molecule has 1 aromatic rings. The number of aryl methyl sites for hydroxylation is 1. The number of hydrogen-bond donors (Lipinski definition) is 1. The minimum Gasteiger partial charge on any atom is -0.347 e. The van der Waals surface area contributed by atoms with Crippen LogP contribution in [0.15, 0.2) is 24.3 Å². The highest BCUT2D eigenvalue weighted by molar-refractivity contribution is 5.86. The molecular weight excluding hydrogens is 288 g/mol. The second kappa shape index (κ2) is 7.16. The van der Waals surface area contributed by atoms with Gasteiger partial charge in [-0.3, -0.25) is 9.59 Å². The summed E-state index contributed by atoms with van der Waals surface area (Å²) >= 11 is 0. The first-order valence-electron chi connectivity index (χ1n) is 8.78. The minimum atomic E-state index is -0.00383. The van der Waals surface area contributed by atoms with Crippen molar-refractivity contribution in [3.63, 3.8) is 0 Å². The van der Waals surface area contributed by atoms with Gasteiger partial charge in [-0.25, -0.2) is 0 Å². The van der Waals surface area contributed by atoms with Gasteiger partial charge >= 0.3 is 0 Å². The maximum atomic E-state index is 12.4. The van der Waals surface area contributed by atoms with Crippen LogP contribution in [0.2, 0.25) is 0 Å². The van der Waals surface area contributed by atoms with E-state index in [1.165, 1.54) is 17.5 Å². The third-order valence-electron chi connectivity index (χ3n) is 5.35. The van der Waals surface area contributed by atoms with Crippen LogP contribution in [0.1, 0.15) is 55.7 Å². The number of carbonyl (C=O) groups is 2. The Hall–Kier alpha value is -1.84. The van der Waals surface area contributed by atoms with Gasteiger partial charge in [-0.2, -0.15) is 0 Å². The van der Waals surface area contributed by atoms with Crippen molar-refractivity contribution in [2.45, 2.75) is 51.0 Å². The van der Waals surface area contributed by atoms with Gasteiger partial charge in [0.15, 0.2) is 0 Å². The van der Waals surface area contributed by atoms with Crippen molar-refractivity contribution in [1.82, 2.24) is 10.2 Å². The summed E-state index contributed by atoms with van der Waals surface area (Å²) in [7, 11) is 1.85. The van der Waals surface area contributed by atoms with Gasteiger partial charge in [0.2, 0.25) is 11.8 Å². The third kappa shape index (κ3) is 3.57. The Kier molecular flexibility index (Phi) is 4.99. The number of hydrogen-bond acceptors (Lipinski definition) is 2. The minimum absolute atomic E-state index is 0.00383. The predicted molar refractivity (Wildman–Crippen MR) is 89.9 cm³/mol. The number of rotatable bonds is 4. The van der Waals surface area contributed by atoms with Crippen molar-refractivity contribution in [1.29, 1.82) is 0 Å². The lowest BCUT2D eigenvalue weighted by atomic mass is 9.89. The van der Waals surface area contributed by atoms with E-state index in [1.807, 2.05) is 19.2 Å². The smallest absolute Gasteiger partial charge is 0.242 e. The zero-order chi connectivity index (χ0) is 16.2. The summed E-state index contributed by atoms with van der Waals surface area (Å²) in [4.78, 5) is 26.4. The van der Waals surface area contributed by atoms with Gasteiger partial charge in [-0.15, -0.1) is 0 Å². The quantitative estimate of drug-likeness (QED) is 0.929. The molecule has 1 atom stereocenters. The summed E-state index contributed by atoms with van der Waals surface area (Å²) in [6, 6.07) is 8.47. The SMILES string of the molecule is CN(C(=O)CNC(=O)C1CCCCC1)C1CCc2ccccc21. The van der Waals surface area contributed by atoms with E-state index in [1.54, 1.807) is 4.90 Å². The molecule has 1 unspecified atom stereocenters. The summed E-state index contributed by atoms with van der Waals surface area (Å²) in [5, 5.41) is 2.85. The van der Waals surface area contributed by atoms with Crippen LogP contribution in [0.25, 0.3) is 0 Å². The number of carbonyl (C=O) groups excluding carboxylic acids is 2. The molecule has 2 aliphatic rings. The Morgan fingerprint density at radius 2 is 1.87 bits per heavy atom. The molecule has 4 nitrogen and oxygen atoms in total. The number of nitrogens with zero attached hydrogens (tertiary/aromatic N) is 1. The molecule has 0 bridgehead atoms. The highest BCUT2D eigenvalue weighted by Gasteiger charge is 2.29. The molecule has 124 valence electrons. The first-order chi connectivity index (χ1) is 11.2. The van der Waals surface area contributed by atoms with Crippen molar-refractivity contribution in [2.24, 2.45) is 5.92 Å². The monoisotopic (exact) mass is 314 g/mol. The van der Waals surface area contributed by atoms with Crippen molar-refractivity contribution < 1.29 is 9.59 Å². The van der Waals surface area contributed by atoms with Crippen LogP contribution < -0.4 is 5.32 Å². The average Bonchev–Trinajstić information content (AvgIpc) is 3.03. The number of fused-ring (bicyclic) bond motifs is 1. The fourth-order valence-electron chi connectivity index (χ4n) is 3.91. The molecule has 0 aromatic heterocycles. The summed E-state index contributed by atoms with van der Waals surface area (Å²) in [6.45, 7) is 0.116. The molecule has 1 saturated carbocycles. The Balaban J connectivity index is 1.53. The second-order valence-corrected chi connectivity index (χ2v) is 6.81. The summed E-state index contributed by atoms with van der Waals surface area (Å²) in [6.07, 6.45) is 7.41. The molecule has 1 N–H and O–H groups in total. The molecule has 1 aromatic carbocycles. The van der Waals surface area contributed by atoms with Crippen LogP contribution in [0, 0.1) is 5.92 Å². The molecule has 3 rings (SSSR count). The molecule has 0 saturated heterocycles. The van der Waals surface area contributed by atoms with Crippen LogP contribution in [0.5, 0.6) is 0 Å². The molecular formula is C19H26N2O2. The van der Waals surface area contributed by atoms with Crippen molar-refractivity contribution in [3.05, 3.63) is 35.4 Å². The van der Waals surface area contributed by atoms with E-state index in [0.29, 0.717) is 0 Å². The Morgan fingerprint density at radius 3 is 2.65 bits per heavy atom. The first-order valence-corrected chi connectivity index (χ1v) is 8.78. The van der Waals surface area contributed by atoms with Crippen molar-refractivity contribution >= 4 is 11.8 Å². The van der Waals surface area contributed by atoms with E-state index in [0.717, 1.165) is 38.5 Å². The van der Waals surface area contributed by atoms with E-state index in [-0.39, 0.29) is 30.3 Å². The fraction of sp³-hybridized carbons (Fsp3) is 0.579. The van der Waals surface area contributed by atoms with Crippen LogP contribution in [0.3, 0.4) is 0 Å². The zero-order valence-electron chi connectivity index (χ0n) is 13.9. The molecule has 2 aliphatic carbocycles. The van der Waals surface area contributed by atoms with Gasteiger partial charge in [0.25, 0.3) is 0 Å². The van der Waals surface area contributed by atoms with Gasteiger partial charge in [-0.1, -0.05) is 43.5 Å². The lowest BCUT2D eigenvalue weighted by Crippen LogP contribution is -2.41. The van der Waals surface area contributed by atoms with Crippen LogP contribution in [0.4, 0.5) is 0 Å². The largest absolute Gasteiger partial charge is 0.347 e. The van der Waals surface area contributed by atoms with E-state index in [9.17, 15) is 9.59 Å². The summed E-state index contributed by atoms with van der Waals surface area (Å²) < 4.78 is 0. The van der Waals surface area contributed by atoms with Crippen LogP contribution in [-0.2, 0) is 16.0 Å². The number of amides is 2. The Morgan fingerprint density at radius 1 is 1.13 bits per heavy atom. The fourth-order valence-corrected chi connectivity index (χ4v) is 3.91. The van der Waals surface area contributed by atoms with Crippen LogP contribution in [-0.4, -0.2) is 30.3 Å². The second-order valence-electron chi connectivity index (χ2n) is 6.81. The van der Waals surface area contributed by atoms with Gasteiger partial charge in [0, 0.05) is 13.0 Å². The molecule has 2 amide bonds. The maximum Gasteiger partial charge on any atom is 0.242 e. The normalized spacial score (nSPS) is 20.8. The van der Waals surface area contributed by atoms with Gasteiger partial charge in [-0.05, 0) is 36.8 Å². The first kappa shape index (κ1) is 16.0. The summed E-state index contributed by atoms with van der Waals surface area (Å²) in [5.41, 5.74) is 2.59. The average molecular weight is 314 g/mol. The molecule has 4 heteroatoms. The van der Waals surface area contributed by atoms with Gasteiger partial charge in [0.1, 0.15) is 0 Å². The summed E-state index contributed by atoms with van der Waals surface area (Å²) in [5.74, 6) is 0.156. The molecule has 0 radical (unpaired) electrons. The molecule has 23 heavy (non-hydrogen) atoms. The molecule has 1 fully saturated rings. The Labute approximate surface area is 138 Å². The topological polar surface area (TPSA) is 49.4 Å². The van der Waals surface area contributed by atoms with Crippen LogP contribution >= 0.6 is 0 Å². The number of benzene rings is 1. The standard InChI is InChI=1S/C19H26N2O2/c1-21(17-12-11-14-7-5-6-10-16(14)17)18(22)13-20-19(23)15-8-3-2-4-9-15/h5-7,10,15,17H,2-4,8-9,11-13H2,1H3,(H,20,23). The van der Waals surface area contributed by atoms with E-state index in [2.05, 4.69) is 17.4 Å². The van der Waals surface area contributed by atoms with E-state index < -0.39 is 0 Å². The third-order valence-corrected chi connectivity index (χ3v) is 5.35. The van der Waals surface area contributed by atoms with Gasteiger partial charge < -0.3 is 10.2 Å². The lowest BCUT2D eigenvalue weighted by Gasteiger charge is -2.26. The lowest BCUT2D eigenvalue weighted by molar-refractivity contribution is -0.134. The zero-order valence-corrected chi connectivity index (χ0v) is 13.9. The number of likely N-dealkylation sites (N-methyl/N-ethyl adjacent to an activating group) is 1. The molecule has 0 spiro atoms. The van der Waals surface area contributed by atoms with E-state index in [4.69, 9.17) is 0 Å². The van der Waals surface area contributed by atoms with Gasteiger partial charge in [0.05, 0.1) is 12.6 Å². The van der Waals surface area contributed by atoms with E-state index >= 15 is 0 Å². The van der Waals surface area contributed by atoms with Crippen molar-refractivity contribution in [2.75, 3.05) is 13.6 Å². The molecule has 0 heterocycles. The highest BCUT2D eigenvalue weighted by Crippen LogP contribution is 2.34. The Bertz CT molecular complexity index is 578. The maximum absolute atomic E-state index is 12.4. The molecule has 0 aliphatic heterocycles. The highest BCUT2D eigenvalue weighted by atomic mass is 16.2. The van der Waals surface area contributed by atoms with Crippen molar-refractivity contribution in [3.8, 4) is 0 Å². The predicted octanol–water partition coefficient (Wildman–Crippen LogP) is 2.83.